The van der Waals surface area contributed by atoms with Crippen LogP contribution in [0.2, 0.25) is 5.02 Å². The van der Waals surface area contributed by atoms with Crippen LogP contribution in [0.4, 0.5) is 8.78 Å². The smallest absolute Gasteiger partial charge is 0.292 e. The van der Waals surface area contributed by atoms with E-state index in [0.29, 0.717) is 0 Å². The van der Waals surface area contributed by atoms with Crippen LogP contribution in [-0.2, 0) is 0 Å². The van der Waals surface area contributed by atoms with Crippen molar-refractivity contribution in [3.8, 4) is 5.75 Å². The monoisotopic (exact) mass is 195 g/mol. The molecule has 0 bridgehead atoms. The molecule has 0 radical (unpaired) electrons. The van der Waals surface area contributed by atoms with E-state index in [1.807, 2.05) is 0 Å². The van der Waals surface area contributed by atoms with Gasteiger partial charge in [0.2, 0.25) is 5.75 Å². The number of rotatable bonds is 1. The minimum Gasteiger partial charge on any atom is -0.502 e. The number of halogens is 3. The molecule has 3 nitrogen and oxygen atoms in total. The lowest BCUT2D eigenvalue weighted by atomic mass is 10.3. The molecule has 12 heavy (non-hydrogen) atoms. The van der Waals surface area contributed by atoms with Gasteiger partial charge in [0.1, 0.15) is 0 Å². The van der Waals surface area contributed by atoms with Crippen molar-refractivity contribution in [1.29, 1.82) is 0 Å². The van der Waals surface area contributed by atoms with Gasteiger partial charge in [-0.05, 0) is 6.07 Å². The second-order valence-corrected chi connectivity index (χ2v) is 2.46. The maximum atomic E-state index is 11.9. The van der Waals surface area contributed by atoms with Gasteiger partial charge in [-0.3, -0.25) is 4.79 Å². The molecule has 6 heteroatoms. The molecule has 66 valence electrons. The normalized spacial score (nSPS) is 10.7. The minimum atomic E-state index is -2.81. The standard InChI is InChI=1S/C6H4ClF2NO2/c7-2-1-3(5(8)9)10-6(12)4(2)11/h1,5,11H,(H,10,12). The van der Waals surface area contributed by atoms with E-state index >= 15 is 0 Å². The van der Waals surface area contributed by atoms with Crippen LogP contribution in [-0.4, -0.2) is 10.1 Å². The van der Waals surface area contributed by atoms with Crippen molar-refractivity contribution in [2.45, 2.75) is 6.43 Å². The highest BCUT2D eigenvalue weighted by atomic mass is 35.5. The highest BCUT2D eigenvalue weighted by Gasteiger charge is 2.12. The van der Waals surface area contributed by atoms with E-state index < -0.39 is 23.4 Å². The van der Waals surface area contributed by atoms with Crippen LogP contribution >= 0.6 is 11.6 Å². The average Bonchev–Trinajstić information content (AvgIpc) is 1.99. The van der Waals surface area contributed by atoms with Crippen LogP contribution in [0.25, 0.3) is 0 Å². The summed E-state index contributed by atoms with van der Waals surface area (Å²) in [5.74, 6) is -0.749. The van der Waals surface area contributed by atoms with Crippen LogP contribution in [0.1, 0.15) is 12.1 Å². The third-order valence-corrected chi connectivity index (χ3v) is 1.50. The lowest BCUT2D eigenvalue weighted by Crippen LogP contribution is -2.08. The summed E-state index contributed by atoms with van der Waals surface area (Å²) in [5, 5.41) is 8.41. The summed E-state index contributed by atoms with van der Waals surface area (Å²) in [7, 11) is 0. The summed E-state index contributed by atoms with van der Waals surface area (Å²) in [6.07, 6.45) is -2.81. The van der Waals surface area contributed by atoms with Gasteiger partial charge >= 0.3 is 0 Å². The summed E-state index contributed by atoms with van der Waals surface area (Å²) < 4.78 is 23.9. The Bertz CT molecular complexity index is 350. The van der Waals surface area contributed by atoms with E-state index in [4.69, 9.17) is 16.7 Å². The first-order valence-corrected chi connectivity index (χ1v) is 3.30. The first-order chi connectivity index (χ1) is 5.52. The van der Waals surface area contributed by atoms with E-state index in [1.165, 1.54) is 0 Å². The Hall–Kier alpha value is -1.10. The highest BCUT2D eigenvalue weighted by Crippen LogP contribution is 2.23. The summed E-state index contributed by atoms with van der Waals surface area (Å²) in [5.41, 5.74) is -1.62. The molecule has 0 aromatic carbocycles. The van der Waals surface area contributed by atoms with Gasteiger partial charge in [-0.25, -0.2) is 8.78 Å². The van der Waals surface area contributed by atoms with Gasteiger partial charge < -0.3 is 10.1 Å². The Morgan fingerprint density at radius 2 is 2.17 bits per heavy atom. The van der Waals surface area contributed by atoms with Crippen molar-refractivity contribution < 1.29 is 13.9 Å². The molecule has 0 amide bonds. The number of H-pyrrole nitrogens is 1. The van der Waals surface area contributed by atoms with Crippen molar-refractivity contribution in [3.05, 3.63) is 27.1 Å². The largest absolute Gasteiger partial charge is 0.502 e. The van der Waals surface area contributed by atoms with Crippen LogP contribution in [0.5, 0.6) is 5.75 Å². The lowest BCUT2D eigenvalue weighted by Gasteiger charge is -2.00. The molecule has 1 aromatic heterocycles. The van der Waals surface area contributed by atoms with Crippen LogP contribution < -0.4 is 5.56 Å². The van der Waals surface area contributed by atoms with Gasteiger partial charge in [-0.2, -0.15) is 0 Å². The predicted octanol–water partition coefficient (Wildman–Crippen LogP) is 1.67. The Kier molecular flexibility index (Phi) is 2.32. The first-order valence-electron chi connectivity index (χ1n) is 2.92. The number of hydrogen-bond donors (Lipinski definition) is 2. The average molecular weight is 196 g/mol. The van der Waals surface area contributed by atoms with Crippen molar-refractivity contribution >= 4 is 11.6 Å². The Labute approximate surface area is 70.6 Å². The summed E-state index contributed by atoms with van der Waals surface area (Å²) in [6, 6.07) is 0.808. The first kappa shape index (κ1) is 8.99. The van der Waals surface area contributed by atoms with Crippen LogP contribution in [0, 0.1) is 0 Å². The number of aromatic nitrogens is 1. The quantitative estimate of drug-likeness (QED) is 0.716. The molecule has 2 N–H and O–H groups in total. The van der Waals surface area contributed by atoms with Gasteiger partial charge in [0.25, 0.3) is 12.0 Å². The Morgan fingerprint density at radius 3 is 2.58 bits per heavy atom. The van der Waals surface area contributed by atoms with Crippen LogP contribution in [0.15, 0.2) is 10.9 Å². The molecule has 1 heterocycles. The number of aromatic hydroxyl groups is 1. The van der Waals surface area contributed by atoms with E-state index in [0.717, 1.165) is 6.07 Å². The van der Waals surface area contributed by atoms with Crippen LogP contribution in [0.3, 0.4) is 0 Å². The molecule has 0 spiro atoms. The zero-order valence-corrected chi connectivity index (χ0v) is 6.40. The maximum Gasteiger partial charge on any atom is 0.292 e. The molecular weight excluding hydrogens is 192 g/mol. The topological polar surface area (TPSA) is 53.1 Å². The maximum absolute atomic E-state index is 11.9. The minimum absolute atomic E-state index is 0.381. The number of aromatic amines is 1. The van der Waals surface area contributed by atoms with Gasteiger partial charge in [0.05, 0.1) is 10.7 Å². The van der Waals surface area contributed by atoms with E-state index in [-0.39, 0.29) is 5.02 Å². The van der Waals surface area contributed by atoms with E-state index in [9.17, 15) is 13.6 Å². The number of hydrogen-bond acceptors (Lipinski definition) is 2. The van der Waals surface area contributed by atoms with Gasteiger partial charge in [-0.15, -0.1) is 0 Å². The predicted molar refractivity (Wildman–Crippen MR) is 38.7 cm³/mol. The van der Waals surface area contributed by atoms with Gasteiger partial charge in [0.15, 0.2) is 0 Å². The number of nitrogens with one attached hydrogen (secondary N) is 1. The zero-order valence-electron chi connectivity index (χ0n) is 5.64. The van der Waals surface area contributed by atoms with Crippen molar-refractivity contribution in [3.63, 3.8) is 0 Å². The second kappa shape index (κ2) is 3.10. The summed E-state index contributed by atoms with van der Waals surface area (Å²) in [4.78, 5) is 12.4. The molecule has 0 aliphatic carbocycles. The SMILES string of the molecule is O=c1[nH]c(C(F)F)cc(Cl)c1O. The zero-order chi connectivity index (χ0) is 9.30. The molecule has 0 atom stereocenters. The second-order valence-electron chi connectivity index (χ2n) is 2.05. The fourth-order valence-electron chi connectivity index (χ4n) is 0.657. The molecule has 0 aliphatic heterocycles. The number of alkyl halides is 2. The fourth-order valence-corrected chi connectivity index (χ4v) is 0.861. The van der Waals surface area contributed by atoms with E-state index in [1.54, 1.807) is 4.98 Å². The highest BCUT2D eigenvalue weighted by molar-refractivity contribution is 6.31. The summed E-state index contributed by atoms with van der Waals surface area (Å²) in [6.45, 7) is 0. The third-order valence-electron chi connectivity index (χ3n) is 1.22. The molecule has 0 unspecified atom stereocenters. The van der Waals surface area contributed by atoms with Crippen molar-refractivity contribution in [1.82, 2.24) is 4.98 Å². The van der Waals surface area contributed by atoms with Crippen molar-refractivity contribution in [2.75, 3.05) is 0 Å². The van der Waals surface area contributed by atoms with Gasteiger partial charge in [0, 0.05) is 0 Å². The molecule has 0 saturated carbocycles. The number of pyridine rings is 1. The van der Waals surface area contributed by atoms with Crippen molar-refractivity contribution in [2.24, 2.45) is 0 Å². The Balaban J connectivity index is 3.31. The molecule has 0 saturated heterocycles. The molecular formula is C6H4ClF2NO2. The Morgan fingerprint density at radius 1 is 1.58 bits per heavy atom. The third kappa shape index (κ3) is 1.55. The summed E-state index contributed by atoms with van der Waals surface area (Å²) >= 11 is 5.26. The molecule has 1 rings (SSSR count). The lowest BCUT2D eigenvalue weighted by molar-refractivity contribution is 0.145. The fraction of sp³-hybridized carbons (Fsp3) is 0.167. The molecule has 1 aromatic rings. The van der Waals surface area contributed by atoms with Gasteiger partial charge in [-0.1, -0.05) is 11.6 Å². The molecule has 0 fully saturated rings. The molecule has 0 aliphatic rings. The van der Waals surface area contributed by atoms with E-state index in [2.05, 4.69) is 0 Å².